The summed E-state index contributed by atoms with van der Waals surface area (Å²) in [6, 6.07) is 8.81. The first kappa shape index (κ1) is 20.4. The number of aromatic nitrogens is 1. The third-order valence-electron chi connectivity index (χ3n) is 5.46. The zero-order valence-electron chi connectivity index (χ0n) is 16.7. The fourth-order valence-electron chi connectivity index (χ4n) is 3.50. The zero-order chi connectivity index (χ0) is 20.6. The Morgan fingerprint density at radius 2 is 1.86 bits per heavy atom. The first-order valence-corrected chi connectivity index (χ1v) is 10.9. The lowest BCUT2D eigenvalue weighted by Crippen LogP contribution is -2.28. The second-order valence-corrected chi connectivity index (χ2v) is 9.06. The van der Waals surface area contributed by atoms with Crippen LogP contribution in [-0.2, 0) is 14.8 Å². The van der Waals surface area contributed by atoms with Crippen LogP contribution in [0, 0.1) is 13.8 Å². The summed E-state index contributed by atoms with van der Waals surface area (Å²) < 4.78 is 25.1. The minimum absolute atomic E-state index is 0.0587. The van der Waals surface area contributed by atoms with Gasteiger partial charge in [0.1, 0.15) is 0 Å². The van der Waals surface area contributed by atoms with Crippen LogP contribution in [0.25, 0.3) is 6.08 Å². The minimum Gasteiger partial charge on any atom is -0.346 e. The molecule has 7 heteroatoms. The van der Waals surface area contributed by atoms with Gasteiger partial charge in [0.2, 0.25) is 15.9 Å². The molecule has 1 heterocycles. The maximum absolute atomic E-state index is 12.6. The topological polar surface area (TPSA) is 85.4 Å². The molecule has 1 saturated carbocycles. The number of carbonyl (C=O) groups excluding carboxylic acids is 1. The van der Waals surface area contributed by atoms with E-state index in [9.17, 15) is 13.2 Å². The highest BCUT2D eigenvalue weighted by Crippen LogP contribution is 2.38. The molecule has 0 bridgehead atoms. The Labute approximate surface area is 166 Å². The van der Waals surface area contributed by atoms with Crippen molar-refractivity contribution in [2.75, 3.05) is 7.05 Å². The average Bonchev–Trinajstić information content (AvgIpc) is 3.43. The van der Waals surface area contributed by atoms with E-state index in [0.29, 0.717) is 6.04 Å². The van der Waals surface area contributed by atoms with Crippen LogP contribution >= 0.6 is 0 Å². The maximum Gasteiger partial charge on any atom is 0.246 e. The normalized spacial score (nSPS) is 15.8. The number of hydrogen-bond donors (Lipinski definition) is 1. The second kappa shape index (κ2) is 7.56. The number of nitrogens with zero attached hydrogens (tertiary/aromatic N) is 2. The van der Waals surface area contributed by atoms with Crippen molar-refractivity contribution in [3.8, 4) is 0 Å². The molecule has 6 nitrogen and oxygen atoms in total. The largest absolute Gasteiger partial charge is 0.346 e. The third-order valence-corrected chi connectivity index (χ3v) is 6.39. The molecule has 1 aliphatic carbocycles. The van der Waals surface area contributed by atoms with Gasteiger partial charge in [0.15, 0.2) is 0 Å². The smallest absolute Gasteiger partial charge is 0.246 e. The number of amides is 1. The van der Waals surface area contributed by atoms with Gasteiger partial charge in [-0.25, -0.2) is 13.6 Å². The number of hydrogen-bond acceptors (Lipinski definition) is 3. The molecule has 2 aromatic rings. The number of aryl methyl sites for hydroxylation is 1. The van der Waals surface area contributed by atoms with Crippen LogP contribution in [0.5, 0.6) is 0 Å². The Morgan fingerprint density at radius 3 is 2.39 bits per heavy atom. The van der Waals surface area contributed by atoms with Gasteiger partial charge in [0.25, 0.3) is 0 Å². The predicted molar refractivity (Wildman–Crippen MR) is 110 cm³/mol. The molecule has 3 rings (SSSR count). The van der Waals surface area contributed by atoms with E-state index in [0.717, 1.165) is 11.1 Å². The minimum atomic E-state index is -3.72. The predicted octanol–water partition coefficient (Wildman–Crippen LogP) is 3.32. The summed E-state index contributed by atoms with van der Waals surface area (Å²) in [5.74, 6) is -0.112. The van der Waals surface area contributed by atoms with E-state index >= 15 is 0 Å². The van der Waals surface area contributed by atoms with Crippen LogP contribution in [0.1, 0.15) is 54.4 Å². The molecule has 0 radical (unpaired) electrons. The van der Waals surface area contributed by atoms with Crippen molar-refractivity contribution in [1.82, 2.24) is 9.47 Å². The van der Waals surface area contributed by atoms with Crippen LogP contribution in [0.2, 0.25) is 0 Å². The molecule has 28 heavy (non-hydrogen) atoms. The molecule has 0 saturated heterocycles. The van der Waals surface area contributed by atoms with Crippen molar-refractivity contribution in [3.05, 3.63) is 58.9 Å². The Hall–Kier alpha value is -2.38. The fourth-order valence-corrected chi connectivity index (χ4v) is 4.01. The standard InChI is InChI=1S/C21H27N3O3S/c1-14-13-18(16(3)24(14)19-8-9-19)7-12-21(25)23(4)15(2)17-5-10-20(11-6-17)28(22,26)27/h5-7,10-13,15,19H,8-9H2,1-4H3,(H2,22,26,27)/b12-7+/t15-/m0/s1. The lowest BCUT2D eigenvalue weighted by molar-refractivity contribution is -0.126. The molecule has 1 amide bonds. The van der Waals surface area contributed by atoms with Gasteiger partial charge in [-0.15, -0.1) is 0 Å². The van der Waals surface area contributed by atoms with Crippen molar-refractivity contribution in [2.45, 2.75) is 50.6 Å². The molecule has 150 valence electrons. The van der Waals surface area contributed by atoms with Crippen LogP contribution in [0.3, 0.4) is 0 Å². The summed E-state index contributed by atoms with van der Waals surface area (Å²) in [6.07, 6.45) is 5.91. The average molecular weight is 402 g/mol. The summed E-state index contributed by atoms with van der Waals surface area (Å²) in [5.41, 5.74) is 4.32. The van der Waals surface area contributed by atoms with Gasteiger partial charge in [-0.2, -0.15) is 0 Å². The fraction of sp³-hybridized carbons (Fsp3) is 0.381. The Bertz CT molecular complexity index is 1020. The molecule has 0 aliphatic heterocycles. The highest BCUT2D eigenvalue weighted by atomic mass is 32.2. The van der Waals surface area contributed by atoms with Crippen molar-refractivity contribution >= 4 is 22.0 Å². The number of primary sulfonamides is 1. The number of benzene rings is 1. The lowest BCUT2D eigenvalue weighted by Gasteiger charge is -2.24. The second-order valence-electron chi connectivity index (χ2n) is 7.50. The van der Waals surface area contributed by atoms with E-state index < -0.39 is 10.0 Å². The zero-order valence-corrected chi connectivity index (χ0v) is 17.5. The summed E-state index contributed by atoms with van der Waals surface area (Å²) >= 11 is 0. The quantitative estimate of drug-likeness (QED) is 0.754. The Kier molecular flexibility index (Phi) is 5.50. The molecular weight excluding hydrogens is 374 g/mol. The van der Waals surface area contributed by atoms with Crippen LogP contribution < -0.4 is 5.14 Å². The highest BCUT2D eigenvalue weighted by molar-refractivity contribution is 7.89. The first-order valence-electron chi connectivity index (χ1n) is 9.35. The molecule has 0 spiro atoms. The number of rotatable bonds is 6. The number of carbonyl (C=O) groups is 1. The molecule has 1 aromatic carbocycles. The number of likely N-dealkylation sites (N-methyl/N-ethyl adjacent to an activating group) is 1. The molecule has 1 fully saturated rings. The lowest BCUT2D eigenvalue weighted by atomic mass is 10.1. The van der Waals surface area contributed by atoms with Gasteiger partial charge in [-0.3, -0.25) is 4.79 Å². The van der Waals surface area contributed by atoms with Gasteiger partial charge in [-0.1, -0.05) is 12.1 Å². The molecule has 0 unspecified atom stereocenters. The van der Waals surface area contributed by atoms with E-state index in [-0.39, 0.29) is 16.8 Å². The van der Waals surface area contributed by atoms with Gasteiger partial charge in [-0.05, 0) is 69.0 Å². The van der Waals surface area contributed by atoms with Gasteiger partial charge in [0.05, 0.1) is 10.9 Å². The van der Waals surface area contributed by atoms with E-state index in [4.69, 9.17) is 5.14 Å². The van der Waals surface area contributed by atoms with E-state index in [1.807, 2.05) is 13.0 Å². The monoisotopic (exact) mass is 401 g/mol. The third kappa shape index (κ3) is 4.20. The number of sulfonamides is 1. The Balaban J connectivity index is 1.72. The van der Waals surface area contributed by atoms with Crippen LogP contribution in [-0.4, -0.2) is 30.8 Å². The summed E-state index contributed by atoms with van der Waals surface area (Å²) in [7, 11) is -1.99. The maximum atomic E-state index is 12.6. The van der Waals surface area contributed by atoms with Crippen LogP contribution in [0.15, 0.2) is 41.3 Å². The van der Waals surface area contributed by atoms with E-state index in [1.165, 1.54) is 36.4 Å². The molecular formula is C21H27N3O3S. The molecule has 1 aliphatic rings. The molecule has 1 aromatic heterocycles. The molecule has 1 atom stereocenters. The van der Waals surface area contributed by atoms with Gasteiger partial charge in [0, 0.05) is 30.6 Å². The van der Waals surface area contributed by atoms with Gasteiger partial charge < -0.3 is 9.47 Å². The molecule has 2 N–H and O–H groups in total. The van der Waals surface area contributed by atoms with Crippen molar-refractivity contribution < 1.29 is 13.2 Å². The van der Waals surface area contributed by atoms with Crippen LogP contribution in [0.4, 0.5) is 0 Å². The SMILES string of the molecule is Cc1cc(/C=C/C(=O)N(C)[C@@H](C)c2ccc(S(N)(=O)=O)cc2)c(C)n1C1CC1. The van der Waals surface area contributed by atoms with Crippen molar-refractivity contribution in [2.24, 2.45) is 5.14 Å². The first-order chi connectivity index (χ1) is 13.1. The van der Waals surface area contributed by atoms with E-state index in [1.54, 1.807) is 30.2 Å². The summed E-state index contributed by atoms with van der Waals surface area (Å²) in [5, 5.41) is 5.13. The highest BCUT2D eigenvalue weighted by Gasteiger charge is 2.26. The summed E-state index contributed by atoms with van der Waals surface area (Å²) in [6.45, 7) is 6.09. The summed E-state index contributed by atoms with van der Waals surface area (Å²) in [4.78, 5) is 14.3. The van der Waals surface area contributed by atoms with Crippen molar-refractivity contribution in [1.29, 1.82) is 0 Å². The Morgan fingerprint density at radius 1 is 1.25 bits per heavy atom. The van der Waals surface area contributed by atoms with E-state index in [2.05, 4.69) is 24.5 Å². The number of nitrogens with two attached hydrogens (primary N) is 1. The van der Waals surface area contributed by atoms with Gasteiger partial charge >= 0.3 is 0 Å². The van der Waals surface area contributed by atoms with Crippen molar-refractivity contribution in [3.63, 3.8) is 0 Å².